The van der Waals surface area contributed by atoms with Crippen molar-refractivity contribution in [1.29, 1.82) is 0 Å². The van der Waals surface area contributed by atoms with Gasteiger partial charge in [0.25, 0.3) is 5.91 Å². The maximum atomic E-state index is 12.4. The molecule has 0 saturated carbocycles. The van der Waals surface area contributed by atoms with Crippen molar-refractivity contribution in [2.75, 3.05) is 20.3 Å². The first-order chi connectivity index (χ1) is 14.1. The summed E-state index contributed by atoms with van der Waals surface area (Å²) in [6, 6.07) is 23.3. The molecule has 3 aromatic carbocycles. The second-order valence-corrected chi connectivity index (χ2v) is 7.03. The lowest BCUT2D eigenvalue weighted by molar-refractivity contribution is -0.132. The van der Waals surface area contributed by atoms with Crippen molar-refractivity contribution in [3.63, 3.8) is 0 Å². The van der Waals surface area contributed by atoms with E-state index in [4.69, 9.17) is 21.1 Å². The highest BCUT2D eigenvalue weighted by Gasteiger charge is 2.12. The van der Waals surface area contributed by atoms with Crippen LogP contribution < -0.4 is 9.47 Å². The predicted octanol–water partition coefficient (Wildman–Crippen LogP) is 5.44. The van der Waals surface area contributed by atoms with Crippen molar-refractivity contribution >= 4 is 17.5 Å². The molecular formula is C24H24ClNO3. The largest absolute Gasteiger partial charge is 0.494 e. The zero-order valence-corrected chi connectivity index (χ0v) is 17.4. The van der Waals surface area contributed by atoms with Crippen molar-refractivity contribution < 1.29 is 14.3 Å². The van der Waals surface area contributed by atoms with E-state index >= 15 is 0 Å². The van der Waals surface area contributed by atoms with Gasteiger partial charge in [0, 0.05) is 13.6 Å². The first-order valence-corrected chi connectivity index (χ1v) is 9.88. The third kappa shape index (κ3) is 5.75. The van der Waals surface area contributed by atoms with Crippen LogP contribution in [0.2, 0.25) is 5.02 Å². The molecule has 29 heavy (non-hydrogen) atoms. The Morgan fingerprint density at radius 3 is 2.31 bits per heavy atom. The average Bonchev–Trinajstić information content (AvgIpc) is 2.74. The van der Waals surface area contributed by atoms with Gasteiger partial charge in [-0.3, -0.25) is 4.79 Å². The summed E-state index contributed by atoms with van der Waals surface area (Å²) >= 11 is 6.35. The third-order valence-electron chi connectivity index (χ3n) is 4.47. The number of benzene rings is 3. The van der Waals surface area contributed by atoms with Crippen molar-refractivity contribution in [1.82, 2.24) is 4.90 Å². The zero-order chi connectivity index (χ0) is 20.6. The zero-order valence-electron chi connectivity index (χ0n) is 16.6. The van der Waals surface area contributed by atoms with E-state index in [1.807, 2.05) is 73.7 Å². The van der Waals surface area contributed by atoms with Gasteiger partial charge in [-0.2, -0.15) is 0 Å². The highest BCUT2D eigenvalue weighted by atomic mass is 35.5. The van der Waals surface area contributed by atoms with Gasteiger partial charge < -0.3 is 14.4 Å². The van der Waals surface area contributed by atoms with Crippen molar-refractivity contribution in [3.8, 4) is 22.6 Å². The van der Waals surface area contributed by atoms with Gasteiger partial charge in [-0.1, -0.05) is 60.1 Å². The van der Waals surface area contributed by atoms with E-state index in [0.717, 1.165) is 22.4 Å². The minimum atomic E-state index is -0.123. The molecule has 0 spiro atoms. The van der Waals surface area contributed by atoms with E-state index in [2.05, 4.69) is 0 Å². The summed E-state index contributed by atoms with van der Waals surface area (Å²) in [5, 5.41) is 0.480. The van der Waals surface area contributed by atoms with E-state index in [1.54, 1.807) is 18.0 Å². The minimum Gasteiger partial charge on any atom is -0.494 e. The average molecular weight is 410 g/mol. The Morgan fingerprint density at radius 1 is 0.931 bits per heavy atom. The fourth-order valence-electron chi connectivity index (χ4n) is 2.90. The quantitative estimate of drug-likeness (QED) is 0.497. The van der Waals surface area contributed by atoms with Gasteiger partial charge in [-0.15, -0.1) is 0 Å². The second kappa shape index (κ2) is 9.99. The topological polar surface area (TPSA) is 38.8 Å². The first-order valence-electron chi connectivity index (χ1n) is 9.50. The minimum absolute atomic E-state index is 0.0715. The van der Waals surface area contributed by atoms with Crippen LogP contribution in [0.3, 0.4) is 0 Å². The van der Waals surface area contributed by atoms with E-state index in [0.29, 0.717) is 23.9 Å². The molecule has 150 valence electrons. The highest BCUT2D eigenvalue weighted by Crippen LogP contribution is 2.30. The molecule has 0 saturated heterocycles. The number of hydrogen-bond acceptors (Lipinski definition) is 3. The Morgan fingerprint density at radius 2 is 1.66 bits per heavy atom. The molecule has 0 aromatic heterocycles. The molecule has 0 unspecified atom stereocenters. The van der Waals surface area contributed by atoms with E-state index in [1.165, 1.54) is 0 Å². The van der Waals surface area contributed by atoms with Crippen LogP contribution in [0, 0.1) is 0 Å². The molecule has 0 heterocycles. The fraction of sp³-hybridized carbons (Fsp3) is 0.208. The number of halogens is 1. The number of hydrogen-bond donors (Lipinski definition) is 0. The molecule has 0 fully saturated rings. The van der Waals surface area contributed by atoms with Gasteiger partial charge in [-0.05, 0) is 47.9 Å². The lowest BCUT2D eigenvalue weighted by Gasteiger charge is -2.18. The Balaban J connectivity index is 1.55. The molecule has 5 heteroatoms. The Bertz CT molecular complexity index is 942. The number of amides is 1. The van der Waals surface area contributed by atoms with E-state index < -0.39 is 0 Å². The number of rotatable bonds is 8. The molecule has 3 rings (SSSR count). The highest BCUT2D eigenvalue weighted by molar-refractivity contribution is 6.32. The maximum Gasteiger partial charge on any atom is 0.260 e. The van der Waals surface area contributed by atoms with Crippen molar-refractivity contribution in [2.24, 2.45) is 0 Å². The monoisotopic (exact) mass is 409 g/mol. The second-order valence-electron chi connectivity index (χ2n) is 6.63. The van der Waals surface area contributed by atoms with Crippen LogP contribution in [0.5, 0.6) is 11.5 Å². The van der Waals surface area contributed by atoms with Crippen LogP contribution in [0.1, 0.15) is 12.5 Å². The Hall–Kier alpha value is -2.98. The number of carbonyl (C=O) groups excluding carboxylic acids is 1. The SMILES string of the molecule is CCOc1ccc(CN(C)C(=O)COc2ccc(-c3ccccc3)cc2Cl)cc1. The van der Waals surface area contributed by atoms with E-state index in [9.17, 15) is 4.79 Å². The molecule has 1 amide bonds. The number of ether oxygens (including phenoxy) is 2. The van der Waals surface area contributed by atoms with Crippen LogP contribution in [-0.4, -0.2) is 31.1 Å². The van der Waals surface area contributed by atoms with Crippen molar-refractivity contribution in [3.05, 3.63) is 83.4 Å². The fourth-order valence-corrected chi connectivity index (χ4v) is 3.13. The predicted molar refractivity (Wildman–Crippen MR) is 116 cm³/mol. The summed E-state index contributed by atoms with van der Waals surface area (Å²) in [6.07, 6.45) is 0. The molecule has 0 N–H and O–H groups in total. The van der Waals surface area contributed by atoms with Crippen LogP contribution in [0.4, 0.5) is 0 Å². The van der Waals surface area contributed by atoms with Crippen molar-refractivity contribution in [2.45, 2.75) is 13.5 Å². The molecule has 4 nitrogen and oxygen atoms in total. The standard InChI is InChI=1S/C24H24ClNO3/c1-3-28-21-12-9-18(10-13-21)16-26(2)24(27)17-29-23-14-11-20(15-22(23)25)19-7-5-4-6-8-19/h4-15H,3,16-17H2,1-2H3. The summed E-state index contributed by atoms with van der Waals surface area (Å²) in [7, 11) is 1.75. The van der Waals surface area contributed by atoms with Gasteiger partial charge >= 0.3 is 0 Å². The van der Waals surface area contributed by atoms with Gasteiger partial charge in [0.2, 0.25) is 0 Å². The summed E-state index contributed by atoms with van der Waals surface area (Å²) in [5.41, 5.74) is 3.10. The summed E-state index contributed by atoms with van der Waals surface area (Å²) in [4.78, 5) is 14.0. The van der Waals surface area contributed by atoms with Gasteiger partial charge in [0.15, 0.2) is 6.61 Å². The van der Waals surface area contributed by atoms with Crippen LogP contribution in [-0.2, 0) is 11.3 Å². The number of nitrogens with zero attached hydrogens (tertiary/aromatic N) is 1. The molecular weight excluding hydrogens is 386 g/mol. The lowest BCUT2D eigenvalue weighted by atomic mass is 10.1. The summed E-state index contributed by atoms with van der Waals surface area (Å²) in [6.45, 7) is 3.00. The smallest absolute Gasteiger partial charge is 0.260 e. The van der Waals surface area contributed by atoms with Gasteiger partial charge in [0.1, 0.15) is 11.5 Å². The normalized spacial score (nSPS) is 10.4. The Labute approximate surface area is 176 Å². The molecule has 0 aliphatic carbocycles. The summed E-state index contributed by atoms with van der Waals surface area (Å²) in [5.74, 6) is 1.19. The number of likely N-dealkylation sites (N-methyl/N-ethyl adjacent to an activating group) is 1. The maximum absolute atomic E-state index is 12.4. The van der Waals surface area contributed by atoms with Crippen LogP contribution in [0.15, 0.2) is 72.8 Å². The Kier molecular flexibility index (Phi) is 7.14. The molecule has 0 aliphatic rings. The van der Waals surface area contributed by atoms with Crippen LogP contribution in [0.25, 0.3) is 11.1 Å². The lowest BCUT2D eigenvalue weighted by Crippen LogP contribution is -2.31. The van der Waals surface area contributed by atoms with Gasteiger partial charge in [-0.25, -0.2) is 0 Å². The van der Waals surface area contributed by atoms with Gasteiger partial charge in [0.05, 0.1) is 11.6 Å². The molecule has 0 bridgehead atoms. The molecule has 0 atom stereocenters. The van der Waals surface area contributed by atoms with Crippen LogP contribution >= 0.6 is 11.6 Å². The third-order valence-corrected chi connectivity index (χ3v) is 4.77. The number of carbonyl (C=O) groups is 1. The molecule has 0 aliphatic heterocycles. The molecule has 0 radical (unpaired) electrons. The first kappa shape index (κ1) is 20.7. The summed E-state index contributed by atoms with van der Waals surface area (Å²) < 4.78 is 11.1. The van der Waals surface area contributed by atoms with E-state index in [-0.39, 0.29) is 12.5 Å². The molecule has 3 aromatic rings.